The summed E-state index contributed by atoms with van der Waals surface area (Å²) in [5.41, 5.74) is 1.63. The van der Waals surface area contributed by atoms with Gasteiger partial charge in [-0.1, -0.05) is 17.7 Å². The Bertz CT molecular complexity index is 1020. The van der Waals surface area contributed by atoms with E-state index in [1.54, 1.807) is 12.1 Å². The molecular formula is C20H18ClF2N3O2. The van der Waals surface area contributed by atoms with Crippen molar-refractivity contribution in [3.63, 3.8) is 0 Å². The number of halogens is 3. The first kappa shape index (κ1) is 18.8. The van der Waals surface area contributed by atoms with Gasteiger partial charge in [0.05, 0.1) is 16.3 Å². The summed E-state index contributed by atoms with van der Waals surface area (Å²) in [5, 5.41) is 9.94. The molecule has 1 aliphatic carbocycles. The SMILES string of the molecule is O=C(O)C1CCCN(c2ncnc3c(F)ccc(C4=CC(Cl)=C(F)CC4)c23)C1. The van der Waals surface area contributed by atoms with Crippen LogP contribution in [0.5, 0.6) is 0 Å². The van der Waals surface area contributed by atoms with Crippen LogP contribution in [0.15, 0.2) is 35.4 Å². The van der Waals surface area contributed by atoms with Crippen molar-refractivity contribution < 1.29 is 18.7 Å². The molecule has 2 aromatic rings. The third-order valence-electron chi connectivity index (χ3n) is 5.31. The minimum absolute atomic E-state index is 0.0426. The first-order chi connectivity index (χ1) is 13.5. The lowest BCUT2D eigenvalue weighted by atomic mass is 9.92. The third kappa shape index (κ3) is 3.35. The Kier molecular flexibility index (Phi) is 5.02. The van der Waals surface area contributed by atoms with Crippen LogP contribution in [0, 0.1) is 11.7 Å². The molecule has 1 aliphatic heterocycles. The van der Waals surface area contributed by atoms with E-state index in [4.69, 9.17) is 11.6 Å². The highest BCUT2D eigenvalue weighted by atomic mass is 35.5. The summed E-state index contributed by atoms with van der Waals surface area (Å²) in [6.07, 6.45) is 4.75. The highest BCUT2D eigenvalue weighted by Gasteiger charge is 2.28. The minimum Gasteiger partial charge on any atom is -0.481 e. The van der Waals surface area contributed by atoms with Gasteiger partial charge in [-0.15, -0.1) is 0 Å². The van der Waals surface area contributed by atoms with Gasteiger partial charge in [0.2, 0.25) is 0 Å². The van der Waals surface area contributed by atoms with Crippen molar-refractivity contribution in [2.45, 2.75) is 25.7 Å². The van der Waals surface area contributed by atoms with Gasteiger partial charge in [0.15, 0.2) is 0 Å². The molecule has 1 unspecified atom stereocenters. The third-order valence-corrected chi connectivity index (χ3v) is 5.62. The molecule has 1 aromatic heterocycles. The monoisotopic (exact) mass is 405 g/mol. The second-order valence-electron chi connectivity index (χ2n) is 7.06. The molecule has 0 bridgehead atoms. The van der Waals surface area contributed by atoms with Crippen molar-refractivity contribution in [3.05, 3.63) is 46.8 Å². The lowest BCUT2D eigenvalue weighted by Gasteiger charge is -2.32. The molecule has 2 aliphatic rings. The largest absolute Gasteiger partial charge is 0.481 e. The molecule has 4 rings (SSSR count). The Morgan fingerprint density at radius 1 is 1.25 bits per heavy atom. The summed E-state index contributed by atoms with van der Waals surface area (Å²) in [6.45, 7) is 0.923. The Morgan fingerprint density at radius 3 is 2.82 bits per heavy atom. The van der Waals surface area contributed by atoms with Crippen LogP contribution in [0.3, 0.4) is 0 Å². The number of nitrogens with zero attached hydrogens (tertiary/aromatic N) is 3. The number of rotatable bonds is 3. The fourth-order valence-corrected chi connectivity index (χ4v) is 4.11. The van der Waals surface area contributed by atoms with E-state index in [0.29, 0.717) is 49.1 Å². The molecule has 1 fully saturated rings. The van der Waals surface area contributed by atoms with Crippen LogP contribution < -0.4 is 4.90 Å². The predicted octanol–water partition coefficient (Wildman–Crippen LogP) is 4.67. The fraction of sp³-hybridized carbons (Fsp3) is 0.350. The molecule has 0 spiro atoms. The highest BCUT2D eigenvalue weighted by Crippen LogP contribution is 2.39. The average Bonchev–Trinajstić information content (AvgIpc) is 2.70. The van der Waals surface area contributed by atoms with Crippen molar-refractivity contribution in [2.75, 3.05) is 18.0 Å². The number of aliphatic carboxylic acids is 1. The Hall–Kier alpha value is -2.54. The van der Waals surface area contributed by atoms with Gasteiger partial charge in [0.25, 0.3) is 0 Å². The van der Waals surface area contributed by atoms with E-state index in [1.807, 2.05) is 4.90 Å². The molecule has 0 saturated carbocycles. The van der Waals surface area contributed by atoms with Crippen molar-refractivity contribution in [1.82, 2.24) is 9.97 Å². The zero-order valence-electron chi connectivity index (χ0n) is 15.0. The van der Waals surface area contributed by atoms with Gasteiger partial charge >= 0.3 is 5.97 Å². The standard InChI is InChI=1S/C20H18ClF2N3O2/c21-14-8-11(3-5-15(14)22)13-4-6-16(23)18-17(13)19(25-10-24-18)26-7-1-2-12(9-26)20(27)28/h4,6,8,10,12H,1-3,5,7,9H2,(H,27,28). The maximum atomic E-state index is 14.5. The number of anilines is 1. The summed E-state index contributed by atoms with van der Waals surface area (Å²) in [7, 11) is 0. The van der Waals surface area contributed by atoms with E-state index in [-0.39, 0.29) is 22.8 Å². The predicted molar refractivity (Wildman–Crippen MR) is 103 cm³/mol. The van der Waals surface area contributed by atoms with Gasteiger partial charge in [0.1, 0.15) is 29.3 Å². The number of benzene rings is 1. The van der Waals surface area contributed by atoms with Crippen LogP contribution in [-0.2, 0) is 4.79 Å². The fourth-order valence-electron chi connectivity index (χ4n) is 3.88. The maximum Gasteiger partial charge on any atom is 0.308 e. The molecule has 1 aromatic carbocycles. The number of hydrogen-bond donors (Lipinski definition) is 1. The van der Waals surface area contributed by atoms with E-state index in [0.717, 1.165) is 5.57 Å². The van der Waals surface area contributed by atoms with Crippen molar-refractivity contribution >= 4 is 39.9 Å². The van der Waals surface area contributed by atoms with E-state index in [2.05, 4.69) is 9.97 Å². The van der Waals surface area contributed by atoms with E-state index in [1.165, 1.54) is 12.4 Å². The molecular weight excluding hydrogens is 388 g/mol. The van der Waals surface area contributed by atoms with Crippen LogP contribution in [0.2, 0.25) is 0 Å². The zero-order valence-corrected chi connectivity index (χ0v) is 15.7. The molecule has 1 saturated heterocycles. The van der Waals surface area contributed by atoms with Crippen molar-refractivity contribution in [2.24, 2.45) is 5.92 Å². The van der Waals surface area contributed by atoms with Crippen molar-refractivity contribution in [1.29, 1.82) is 0 Å². The first-order valence-electron chi connectivity index (χ1n) is 9.11. The topological polar surface area (TPSA) is 66.3 Å². The number of aromatic nitrogens is 2. The lowest BCUT2D eigenvalue weighted by Crippen LogP contribution is -2.39. The number of allylic oxidation sites excluding steroid dienone is 4. The van der Waals surface area contributed by atoms with Crippen molar-refractivity contribution in [3.8, 4) is 0 Å². The zero-order chi connectivity index (χ0) is 19.8. The van der Waals surface area contributed by atoms with Gasteiger partial charge in [-0.3, -0.25) is 4.79 Å². The van der Waals surface area contributed by atoms with E-state index in [9.17, 15) is 18.7 Å². The number of carbonyl (C=O) groups is 1. The van der Waals surface area contributed by atoms with Gasteiger partial charge < -0.3 is 10.0 Å². The highest BCUT2D eigenvalue weighted by molar-refractivity contribution is 6.32. The van der Waals surface area contributed by atoms with Crippen LogP contribution in [0.4, 0.5) is 14.6 Å². The first-order valence-corrected chi connectivity index (χ1v) is 9.49. The number of piperidine rings is 1. The van der Waals surface area contributed by atoms with Crippen LogP contribution in [-0.4, -0.2) is 34.1 Å². The second-order valence-corrected chi connectivity index (χ2v) is 7.47. The Labute approximate surface area is 165 Å². The number of fused-ring (bicyclic) bond motifs is 1. The van der Waals surface area contributed by atoms with E-state index >= 15 is 0 Å². The summed E-state index contributed by atoms with van der Waals surface area (Å²) in [4.78, 5) is 21.8. The van der Waals surface area contributed by atoms with E-state index < -0.39 is 17.7 Å². The molecule has 2 heterocycles. The Morgan fingerprint density at radius 2 is 2.07 bits per heavy atom. The molecule has 5 nitrogen and oxygen atoms in total. The van der Waals surface area contributed by atoms with Gasteiger partial charge in [-0.25, -0.2) is 18.7 Å². The average molecular weight is 406 g/mol. The molecule has 146 valence electrons. The molecule has 0 radical (unpaired) electrons. The van der Waals surface area contributed by atoms with Crippen LogP contribution in [0.25, 0.3) is 16.5 Å². The molecule has 0 amide bonds. The molecule has 1 N–H and O–H groups in total. The minimum atomic E-state index is -0.850. The summed E-state index contributed by atoms with van der Waals surface area (Å²) in [5.74, 6) is -1.71. The summed E-state index contributed by atoms with van der Waals surface area (Å²) in [6, 6.07) is 2.95. The maximum absolute atomic E-state index is 14.5. The number of carboxylic acid groups (broad SMARTS) is 1. The number of hydrogen-bond acceptors (Lipinski definition) is 4. The van der Waals surface area contributed by atoms with Gasteiger partial charge in [-0.05, 0) is 42.5 Å². The van der Waals surface area contributed by atoms with Crippen LogP contribution in [0.1, 0.15) is 31.2 Å². The summed E-state index contributed by atoms with van der Waals surface area (Å²) < 4.78 is 28.2. The summed E-state index contributed by atoms with van der Waals surface area (Å²) >= 11 is 5.98. The lowest BCUT2D eigenvalue weighted by molar-refractivity contribution is -0.141. The molecule has 8 heteroatoms. The molecule has 28 heavy (non-hydrogen) atoms. The Balaban J connectivity index is 1.88. The van der Waals surface area contributed by atoms with Crippen LogP contribution >= 0.6 is 11.6 Å². The van der Waals surface area contributed by atoms with Gasteiger partial charge in [-0.2, -0.15) is 0 Å². The quantitative estimate of drug-likeness (QED) is 0.804. The molecule has 1 atom stereocenters. The normalized spacial score (nSPS) is 20.5. The van der Waals surface area contributed by atoms with Gasteiger partial charge in [0, 0.05) is 19.5 Å². The second kappa shape index (κ2) is 7.47. The number of carboxylic acids is 1. The smallest absolute Gasteiger partial charge is 0.308 e.